The van der Waals surface area contributed by atoms with E-state index in [-0.39, 0.29) is 22.3 Å². The van der Waals surface area contributed by atoms with Crippen molar-refractivity contribution in [1.82, 2.24) is 10.2 Å². The highest BCUT2D eigenvalue weighted by atomic mass is 35.5. The van der Waals surface area contributed by atoms with Crippen LogP contribution in [0.5, 0.6) is 0 Å². The number of anilines is 1. The van der Waals surface area contributed by atoms with Crippen LogP contribution in [0, 0.1) is 10.1 Å². The summed E-state index contributed by atoms with van der Waals surface area (Å²) in [6.45, 7) is 0.339. The van der Waals surface area contributed by atoms with Crippen molar-refractivity contribution in [2.45, 2.75) is 6.04 Å². The van der Waals surface area contributed by atoms with Crippen molar-refractivity contribution in [3.8, 4) is 0 Å². The summed E-state index contributed by atoms with van der Waals surface area (Å²) in [6, 6.07) is 11.8. The molecule has 1 N–H and O–H groups in total. The fraction of sp³-hybridized carbons (Fsp3) is 0.316. The number of hydrogen-bond acceptors (Lipinski definition) is 5. The largest absolute Gasteiger partial charge is 0.378 e. The Morgan fingerprint density at radius 3 is 2.30 bits per heavy atom. The number of halogens is 1. The van der Waals surface area contributed by atoms with Crippen molar-refractivity contribution in [3.05, 3.63) is 68.7 Å². The number of carbonyl (C=O) groups is 1. The van der Waals surface area contributed by atoms with Gasteiger partial charge < -0.3 is 15.1 Å². The minimum atomic E-state index is -0.554. The number of benzene rings is 2. The Balaban J connectivity index is 2.15. The molecule has 0 fully saturated rings. The van der Waals surface area contributed by atoms with Crippen molar-refractivity contribution in [2.24, 2.45) is 0 Å². The van der Waals surface area contributed by atoms with Gasteiger partial charge in [-0.3, -0.25) is 14.9 Å². The molecule has 1 amide bonds. The molecule has 0 aliphatic heterocycles. The molecule has 0 saturated heterocycles. The van der Waals surface area contributed by atoms with Gasteiger partial charge in [0.2, 0.25) is 0 Å². The van der Waals surface area contributed by atoms with Crippen LogP contribution in [0.3, 0.4) is 0 Å². The van der Waals surface area contributed by atoms with E-state index < -0.39 is 10.8 Å². The average molecular weight is 391 g/mol. The maximum absolute atomic E-state index is 12.5. The molecule has 1 atom stereocenters. The van der Waals surface area contributed by atoms with E-state index in [0.717, 1.165) is 11.3 Å². The zero-order valence-corrected chi connectivity index (χ0v) is 16.5. The molecule has 0 radical (unpaired) electrons. The summed E-state index contributed by atoms with van der Waals surface area (Å²) in [5.74, 6) is -0.444. The van der Waals surface area contributed by atoms with Gasteiger partial charge >= 0.3 is 0 Å². The van der Waals surface area contributed by atoms with Gasteiger partial charge in [-0.05, 0) is 37.9 Å². The monoisotopic (exact) mass is 390 g/mol. The number of rotatable bonds is 7. The van der Waals surface area contributed by atoms with E-state index in [0.29, 0.717) is 6.54 Å². The van der Waals surface area contributed by atoms with E-state index in [1.807, 2.05) is 62.3 Å². The normalized spacial score (nSPS) is 11.9. The Bertz CT molecular complexity index is 822. The van der Waals surface area contributed by atoms with Crippen molar-refractivity contribution >= 4 is 28.9 Å². The summed E-state index contributed by atoms with van der Waals surface area (Å²) >= 11 is 6.04. The van der Waals surface area contributed by atoms with Gasteiger partial charge in [-0.2, -0.15) is 0 Å². The number of carbonyl (C=O) groups excluding carboxylic acids is 1. The number of likely N-dealkylation sites (N-methyl/N-ethyl adjacent to an activating group) is 1. The predicted molar refractivity (Wildman–Crippen MR) is 108 cm³/mol. The summed E-state index contributed by atoms with van der Waals surface area (Å²) in [5, 5.41) is 13.9. The third-order valence-corrected chi connectivity index (χ3v) is 4.61. The van der Waals surface area contributed by atoms with E-state index in [1.165, 1.54) is 18.2 Å². The Morgan fingerprint density at radius 1 is 1.15 bits per heavy atom. The number of nitro groups is 1. The smallest absolute Gasteiger partial charge is 0.270 e. The van der Waals surface area contributed by atoms with E-state index in [4.69, 9.17) is 11.6 Å². The van der Waals surface area contributed by atoms with Crippen LogP contribution in [0.4, 0.5) is 11.4 Å². The van der Waals surface area contributed by atoms with Crippen LogP contribution in [0.1, 0.15) is 22.0 Å². The second-order valence-corrected chi connectivity index (χ2v) is 7.00. The average Bonchev–Trinajstić information content (AvgIpc) is 2.62. The van der Waals surface area contributed by atoms with Gasteiger partial charge in [0.25, 0.3) is 11.6 Å². The molecule has 0 unspecified atom stereocenters. The van der Waals surface area contributed by atoms with Crippen molar-refractivity contribution in [1.29, 1.82) is 0 Å². The molecule has 2 aromatic carbocycles. The highest BCUT2D eigenvalue weighted by molar-refractivity contribution is 6.33. The van der Waals surface area contributed by atoms with Crippen molar-refractivity contribution in [3.63, 3.8) is 0 Å². The second-order valence-electron chi connectivity index (χ2n) is 6.60. The first-order chi connectivity index (χ1) is 12.7. The summed E-state index contributed by atoms with van der Waals surface area (Å²) in [7, 11) is 7.80. The molecule has 0 aliphatic rings. The lowest BCUT2D eigenvalue weighted by atomic mass is 10.0. The lowest BCUT2D eigenvalue weighted by Crippen LogP contribution is -2.34. The molecule has 2 aromatic rings. The Labute approximate surface area is 163 Å². The van der Waals surface area contributed by atoms with Crippen LogP contribution < -0.4 is 10.2 Å². The molecule has 144 valence electrons. The van der Waals surface area contributed by atoms with Crippen molar-refractivity contribution in [2.75, 3.05) is 39.6 Å². The van der Waals surface area contributed by atoms with E-state index in [1.54, 1.807) is 0 Å². The summed E-state index contributed by atoms with van der Waals surface area (Å²) in [4.78, 5) is 26.9. The summed E-state index contributed by atoms with van der Waals surface area (Å²) < 4.78 is 0. The van der Waals surface area contributed by atoms with Crippen LogP contribution >= 0.6 is 11.6 Å². The van der Waals surface area contributed by atoms with Crippen LogP contribution in [0.15, 0.2) is 42.5 Å². The lowest BCUT2D eigenvalue weighted by molar-refractivity contribution is -0.384. The number of nitro benzene ring substituents is 1. The lowest BCUT2D eigenvalue weighted by Gasteiger charge is -2.26. The number of non-ortho nitro benzene ring substituents is 1. The first-order valence-corrected chi connectivity index (χ1v) is 8.74. The fourth-order valence-corrected chi connectivity index (χ4v) is 2.88. The molecule has 0 bridgehead atoms. The van der Waals surface area contributed by atoms with Gasteiger partial charge in [-0.25, -0.2) is 0 Å². The Kier molecular flexibility index (Phi) is 6.76. The van der Waals surface area contributed by atoms with Gasteiger partial charge in [0.1, 0.15) is 0 Å². The molecule has 0 saturated carbocycles. The zero-order chi connectivity index (χ0) is 20.1. The maximum Gasteiger partial charge on any atom is 0.270 e. The molecule has 27 heavy (non-hydrogen) atoms. The van der Waals surface area contributed by atoms with Gasteiger partial charge in [-0.15, -0.1) is 0 Å². The van der Waals surface area contributed by atoms with E-state index in [9.17, 15) is 14.9 Å². The highest BCUT2D eigenvalue weighted by Crippen LogP contribution is 2.23. The third-order valence-electron chi connectivity index (χ3n) is 4.28. The number of hydrogen-bond donors (Lipinski definition) is 1. The van der Waals surface area contributed by atoms with Crippen LogP contribution in [0.25, 0.3) is 0 Å². The Hall–Kier alpha value is -2.64. The number of nitrogens with one attached hydrogen (secondary N) is 1. The quantitative estimate of drug-likeness (QED) is 0.579. The molecule has 0 spiro atoms. The van der Waals surface area contributed by atoms with Gasteiger partial charge in [0.05, 0.1) is 21.6 Å². The Morgan fingerprint density at radius 2 is 1.78 bits per heavy atom. The van der Waals surface area contributed by atoms with Crippen LogP contribution in [-0.4, -0.2) is 50.5 Å². The van der Waals surface area contributed by atoms with Gasteiger partial charge in [0, 0.05) is 38.5 Å². The van der Waals surface area contributed by atoms with Gasteiger partial charge in [0.15, 0.2) is 0 Å². The van der Waals surface area contributed by atoms with Crippen LogP contribution in [0.2, 0.25) is 5.02 Å². The molecule has 0 aromatic heterocycles. The van der Waals surface area contributed by atoms with Gasteiger partial charge in [-0.1, -0.05) is 23.7 Å². The molecule has 7 nitrogen and oxygen atoms in total. The minimum Gasteiger partial charge on any atom is -0.378 e. The standard InChI is InChI=1S/C19H23ClN4O3/c1-22(2)14-7-5-13(6-8-14)18(23(3)4)12-21-19(25)16-11-15(24(26)27)9-10-17(16)20/h5-11,18H,12H2,1-4H3,(H,21,25)/t18-/m0/s1. The van der Waals surface area contributed by atoms with E-state index >= 15 is 0 Å². The minimum absolute atomic E-state index is 0.0531. The second kappa shape index (κ2) is 8.83. The molecule has 8 heteroatoms. The molecular weight excluding hydrogens is 368 g/mol. The predicted octanol–water partition coefficient (Wildman–Crippen LogP) is 3.35. The first kappa shape index (κ1) is 20.7. The molecule has 2 rings (SSSR count). The molecule has 0 aliphatic carbocycles. The first-order valence-electron chi connectivity index (χ1n) is 8.36. The summed E-state index contributed by atoms with van der Waals surface area (Å²) in [6.07, 6.45) is 0. The fourth-order valence-electron chi connectivity index (χ4n) is 2.68. The third kappa shape index (κ3) is 5.18. The topological polar surface area (TPSA) is 78.7 Å². The zero-order valence-electron chi connectivity index (χ0n) is 15.8. The molecule has 0 heterocycles. The maximum atomic E-state index is 12.5. The highest BCUT2D eigenvalue weighted by Gasteiger charge is 2.19. The SMILES string of the molecule is CN(C)c1ccc([C@H](CNC(=O)c2cc([N+](=O)[O-])ccc2Cl)N(C)C)cc1. The van der Waals surface area contributed by atoms with Crippen LogP contribution in [-0.2, 0) is 0 Å². The number of amides is 1. The van der Waals surface area contributed by atoms with E-state index in [2.05, 4.69) is 5.32 Å². The van der Waals surface area contributed by atoms with Crippen molar-refractivity contribution < 1.29 is 9.72 Å². The molecular formula is C19H23ClN4O3. The number of nitrogens with zero attached hydrogens (tertiary/aromatic N) is 3. The summed E-state index contributed by atoms with van der Waals surface area (Å²) in [5.41, 5.74) is 2.05.